The van der Waals surface area contributed by atoms with Crippen LogP contribution in [-0.2, 0) is 0 Å². The first-order chi connectivity index (χ1) is 56.4. The number of fused-ring (bicyclic) bond motifs is 21. The maximum Gasteiger partial charge on any atom is 0.260 e. The predicted molar refractivity (Wildman–Crippen MR) is 467 cm³/mol. The summed E-state index contributed by atoms with van der Waals surface area (Å²) in [6, 6.07) is 125. The Kier molecular flexibility index (Phi) is 14.4. The highest BCUT2D eigenvalue weighted by molar-refractivity contribution is 7.25. The monoisotopic (exact) mass is 1480 g/mol. The third-order valence-corrected chi connectivity index (χ3v) is 24.6. The van der Waals surface area contributed by atoms with Crippen molar-refractivity contribution < 1.29 is 37.3 Å². The summed E-state index contributed by atoms with van der Waals surface area (Å²) < 4.78 is 53.0. The van der Waals surface area contributed by atoms with Gasteiger partial charge >= 0.3 is 0 Å². The fourth-order valence-corrected chi connectivity index (χ4v) is 19.3. The Labute approximate surface area is 660 Å². The summed E-state index contributed by atoms with van der Waals surface area (Å²) in [5.41, 5.74) is 25.6. The van der Waals surface area contributed by atoms with E-state index in [9.17, 15) is 0 Å². The molecule has 12 heteroatoms. The summed E-state index contributed by atoms with van der Waals surface area (Å²) in [6.45, 7) is 0.173. The molecule has 0 saturated heterocycles. The van der Waals surface area contributed by atoms with Gasteiger partial charge in [-0.2, -0.15) is 0 Å². The van der Waals surface area contributed by atoms with Crippen LogP contribution in [0.1, 0.15) is 0 Å². The van der Waals surface area contributed by atoms with E-state index in [-0.39, 0.29) is 20.1 Å². The lowest BCUT2D eigenvalue weighted by Crippen LogP contribution is -2.57. The van der Waals surface area contributed by atoms with Crippen molar-refractivity contribution in [3.05, 3.63) is 358 Å². The summed E-state index contributed by atoms with van der Waals surface area (Å²) in [5, 5.41) is 7.19. The van der Waals surface area contributed by atoms with E-state index in [4.69, 9.17) is 37.3 Å². The van der Waals surface area contributed by atoms with Crippen molar-refractivity contribution in [3.8, 4) is 125 Å². The molecule has 0 aliphatic carbocycles. The first-order valence-electron chi connectivity index (χ1n) is 38.5. The lowest BCUT2D eigenvalue weighted by atomic mass is 9.35. The summed E-state index contributed by atoms with van der Waals surface area (Å²) in [5.74, 6) is 10.6. The van der Waals surface area contributed by atoms with Gasteiger partial charge in [0, 0.05) is 63.7 Å². The van der Waals surface area contributed by atoms with E-state index >= 15 is 0 Å². The standard InChI is InChI=1S/C36H21BO3.C36H21BO2S.C30H17BO3/c1-3-11-30-26(9-1)27-20-24(15-17-31(27)38-30)22-7-5-8-23(19-22)25-16-18-33-29(21-25)37-28-10-2-4-12-32(28)39-34-13-6-14-35(40-33)36(34)37;1-4-14-34-26(9-1)27-20-24(16-18-35(27)40-34)22-7-5-8-23(19-22)25-15-17-31-29(21-25)37-28-10-2-3-11-30(28)38-32-12-6-13-33(39-31)36(32)37;1-3-11-24-20(7-1)21-9-5-8-19(30(21)34-24)18-15-16-26-23(17-18)31-22-10-2-4-12-25(22)32-27-13-6-14-28(33-26)29(27)31/h2*1-21H;1-17H. The minimum Gasteiger partial charge on any atom is -0.458 e. The molecule has 17 aromatic carbocycles. The minimum absolute atomic E-state index is 0.0507. The van der Waals surface area contributed by atoms with Crippen LogP contribution in [0.15, 0.2) is 367 Å². The van der Waals surface area contributed by atoms with Gasteiger partial charge in [0.25, 0.3) is 20.1 Å². The highest BCUT2D eigenvalue weighted by Crippen LogP contribution is 2.44. The molecule has 0 radical (unpaired) electrons. The summed E-state index contributed by atoms with van der Waals surface area (Å²) >= 11 is 1.86. The molecule has 0 bridgehead atoms. The molecule has 0 N–H and O–H groups in total. The van der Waals surface area contributed by atoms with Crippen LogP contribution in [-0.4, -0.2) is 20.1 Å². The summed E-state index contributed by atoms with van der Waals surface area (Å²) in [6.07, 6.45) is 0. The minimum atomic E-state index is 0.0507. The van der Waals surface area contributed by atoms with Gasteiger partial charge in [0.05, 0.1) is 0 Å². The zero-order valence-corrected chi connectivity index (χ0v) is 61.8. The molecule has 530 valence electrons. The fraction of sp³-hybridized carbons (Fsp3) is 0. The molecule has 3 aromatic heterocycles. The number of hydrogen-bond acceptors (Lipinski definition) is 9. The third kappa shape index (κ3) is 10.3. The maximum absolute atomic E-state index is 6.41. The van der Waals surface area contributed by atoms with Crippen molar-refractivity contribution in [1.29, 1.82) is 0 Å². The van der Waals surface area contributed by atoms with Gasteiger partial charge < -0.3 is 37.3 Å². The second-order valence-electron chi connectivity index (χ2n) is 29.8. The molecule has 0 saturated carbocycles. The number of furan rings is 2. The van der Waals surface area contributed by atoms with Crippen LogP contribution >= 0.6 is 11.3 Å². The SMILES string of the molecule is c1cc(-c2ccc3c(c2)B2c4ccccc4Oc4cccc(c42)O3)cc(-c2ccc3oc4ccccc4c3c2)c1.c1cc(-c2ccc3c(c2)B2c4ccccc4Oc4cccc(c42)O3)cc(-c2ccc3sc4ccccc4c3c2)c1.c1ccc2c(c1)Oc1cccc3c1B2c1cc(-c2cccc4c2oc2ccccc24)ccc1O3. The van der Waals surface area contributed by atoms with Crippen molar-refractivity contribution in [2.24, 2.45) is 0 Å². The summed E-state index contributed by atoms with van der Waals surface area (Å²) in [4.78, 5) is 0. The normalized spacial score (nSPS) is 12.9. The van der Waals surface area contributed by atoms with E-state index in [1.165, 1.54) is 69.9 Å². The average Bonchev–Trinajstić information content (AvgIpc) is 1.07. The van der Waals surface area contributed by atoms with E-state index < -0.39 is 0 Å². The Bertz CT molecular complexity index is 7110. The van der Waals surface area contributed by atoms with Crippen molar-refractivity contribution >= 4 is 145 Å². The van der Waals surface area contributed by atoms with Crippen LogP contribution in [0.4, 0.5) is 0 Å². The molecule has 26 rings (SSSR count). The van der Waals surface area contributed by atoms with Crippen molar-refractivity contribution in [3.63, 3.8) is 0 Å². The number of rotatable bonds is 5. The molecule has 0 atom stereocenters. The smallest absolute Gasteiger partial charge is 0.260 e. The van der Waals surface area contributed by atoms with Crippen LogP contribution < -0.4 is 77.6 Å². The van der Waals surface area contributed by atoms with Crippen LogP contribution in [0.5, 0.6) is 69.0 Å². The summed E-state index contributed by atoms with van der Waals surface area (Å²) in [7, 11) is 0. The Balaban J connectivity index is 0.0000000992. The first-order valence-corrected chi connectivity index (χ1v) is 39.4. The molecule has 6 aliphatic heterocycles. The van der Waals surface area contributed by atoms with Crippen molar-refractivity contribution in [2.75, 3.05) is 0 Å². The van der Waals surface area contributed by atoms with E-state index in [1.807, 2.05) is 121 Å². The Morgan fingerprint density at radius 3 is 1.02 bits per heavy atom. The molecule has 9 heterocycles. The van der Waals surface area contributed by atoms with Gasteiger partial charge in [0.2, 0.25) is 0 Å². The van der Waals surface area contributed by atoms with Crippen LogP contribution in [0.25, 0.3) is 120 Å². The Morgan fingerprint density at radius 2 is 0.509 bits per heavy atom. The van der Waals surface area contributed by atoms with E-state index in [1.54, 1.807) is 0 Å². The second kappa shape index (κ2) is 25.6. The number of benzene rings is 17. The largest absolute Gasteiger partial charge is 0.458 e. The third-order valence-electron chi connectivity index (χ3n) is 23.4. The number of para-hydroxylation sites is 6. The zero-order chi connectivity index (χ0) is 74.6. The maximum atomic E-state index is 6.41. The molecule has 0 unspecified atom stereocenters. The number of hydrogen-bond donors (Lipinski definition) is 0. The molecule has 114 heavy (non-hydrogen) atoms. The van der Waals surface area contributed by atoms with Gasteiger partial charge in [0.15, 0.2) is 0 Å². The van der Waals surface area contributed by atoms with Gasteiger partial charge in [-0.25, -0.2) is 0 Å². The van der Waals surface area contributed by atoms with Gasteiger partial charge in [-0.15, -0.1) is 11.3 Å². The molecule has 0 spiro atoms. The Hall–Kier alpha value is -14.4. The molecule has 6 aliphatic rings. The Morgan fingerprint density at radius 1 is 0.184 bits per heavy atom. The van der Waals surface area contributed by atoms with Crippen molar-refractivity contribution in [2.45, 2.75) is 0 Å². The first kappa shape index (κ1) is 64.4. The lowest BCUT2D eigenvalue weighted by Gasteiger charge is -2.33. The van der Waals surface area contributed by atoms with Crippen LogP contribution in [0.2, 0.25) is 0 Å². The molecular formula is C102H59B3O8S. The lowest BCUT2D eigenvalue weighted by molar-refractivity contribution is 0.464. The van der Waals surface area contributed by atoms with Crippen LogP contribution in [0, 0.1) is 0 Å². The topological polar surface area (TPSA) is 81.7 Å². The molecule has 0 fully saturated rings. The fourth-order valence-electron chi connectivity index (χ4n) is 18.2. The average molecular weight is 1480 g/mol. The molecule has 20 aromatic rings. The van der Waals surface area contributed by atoms with Gasteiger partial charge in [-0.3, -0.25) is 0 Å². The predicted octanol–water partition coefficient (Wildman–Crippen LogP) is 21.7. The van der Waals surface area contributed by atoms with Gasteiger partial charge in [-0.1, -0.05) is 231 Å². The zero-order valence-electron chi connectivity index (χ0n) is 61.0. The number of ether oxygens (including phenoxy) is 6. The van der Waals surface area contributed by atoms with Gasteiger partial charge in [0.1, 0.15) is 91.3 Å². The van der Waals surface area contributed by atoms with E-state index in [0.29, 0.717) is 0 Å². The van der Waals surface area contributed by atoms with E-state index in [0.717, 1.165) is 168 Å². The number of thiophene rings is 1. The van der Waals surface area contributed by atoms with Crippen LogP contribution in [0.3, 0.4) is 0 Å². The molecule has 8 nitrogen and oxygen atoms in total. The molecular weight excluding hydrogens is 1420 g/mol. The highest BCUT2D eigenvalue weighted by atomic mass is 32.1. The highest BCUT2D eigenvalue weighted by Gasteiger charge is 2.43. The second-order valence-corrected chi connectivity index (χ2v) is 30.9. The quantitative estimate of drug-likeness (QED) is 0.158. The molecule has 0 amide bonds. The van der Waals surface area contributed by atoms with Crippen molar-refractivity contribution in [1.82, 2.24) is 0 Å². The van der Waals surface area contributed by atoms with E-state index in [2.05, 4.69) is 249 Å². The van der Waals surface area contributed by atoms with Gasteiger partial charge in [-0.05, 0) is 210 Å².